The van der Waals surface area contributed by atoms with Crippen molar-refractivity contribution in [2.24, 2.45) is 0 Å². The van der Waals surface area contributed by atoms with Gasteiger partial charge >= 0.3 is 0 Å². The van der Waals surface area contributed by atoms with E-state index < -0.39 is 17.5 Å². The molecule has 0 atom stereocenters. The van der Waals surface area contributed by atoms with Crippen LogP contribution in [0.15, 0.2) is 30.3 Å². The summed E-state index contributed by atoms with van der Waals surface area (Å²) in [6.45, 7) is 1.84. The van der Waals surface area contributed by atoms with Gasteiger partial charge in [-0.05, 0) is 31.2 Å². The van der Waals surface area contributed by atoms with Crippen LogP contribution in [-0.2, 0) is 11.3 Å². The van der Waals surface area contributed by atoms with Crippen LogP contribution in [0.3, 0.4) is 0 Å². The molecule has 0 radical (unpaired) electrons. The molecule has 4 nitrogen and oxygen atoms in total. The van der Waals surface area contributed by atoms with E-state index in [-0.39, 0.29) is 22.8 Å². The van der Waals surface area contributed by atoms with Crippen LogP contribution >= 0.6 is 11.6 Å². The maximum absolute atomic E-state index is 14.0. The summed E-state index contributed by atoms with van der Waals surface area (Å²) in [5.74, 6) is -2.23. The Balaban J connectivity index is 2.08. The Hall–Kier alpha value is -2.27. The minimum Gasteiger partial charge on any atom is -0.296 e. The highest BCUT2D eigenvalue weighted by Gasteiger charge is 2.40. The summed E-state index contributed by atoms with van der Waals surface area (Å²) in [5.41, 5.74) is 1.20. The monoisotopic (exact) mass is 304 g/mol. The highest BCUT2D eigenvalue weighted by molar-refractivity contribution is 6.55. The van der Waals surface area contributed by atoms with Crippen molar-refractivity contribution < 1.29 is 14.0 Å². The average Bonchev–Trinajstić information content (AvgIpc) is 2.69. The molecule has 0 aliphatic carbocycles. The average molecular weight is 305 g/mol. The van der Waals surface area contributed by atoms with Crippen molar-refractivity contribution in [2.45, 2.75) is 13.5 Å². The van der Waals surface area contributed by atoms with Crippen LogP contribution in [-0.4, -0.2) is 16.7 Å². The number of anilines is 1. The molecule has 0 fully saturated rings. The van der Waals surface area contributed by atoms with Crippen LogP contribution in [0.25, 0.3) is 0 Å². The highest BCUT2D eigenvalue weighted by Crippen LogP contribution is 2.37. The zero-order valence-corrected chi connectivity index (χ0v) is 11.8. The molecule has 0 bridgehead atoms. The van der Waals surface area contributed by atoms with E-state index in [1.807, 2.05) is 13.0 Å². The molecule has 0 N–H and O–H groups in total. The number of aromatic nitrogens is 1. The first kappa shape index (κ1) is 13.7. The van der Waals surface area contributed by atoms with E-state index in [0.29, 0.717) is 5.69 Å². The van der Waals surface area contributed by atoms with Crippen LogP contribution in [0.4, 0.5) is 10.1 Å². The SMILES string of the molecule is Cc1cccc(CN2C(=O)C(=O)c3c(Cl)ccc(F)c32)n1. The molecule has 106 valence electrons. The summed E-state index contributed by atoms with van der Waals surface area (Å²) in [7, 11) is 0. The molecule has 1 aromatic heterocycles. The van der Waals surface area contributed by atoms with E-state index in [1.165, 1.54) is 6.07 Å². The van der Waals surface area contributed by atoms with Gasteiger partial charge in [0, 0.05) is 5.69 Å². The van der Waals surface area contributed by atoms with Crippen LogP contribution in [0.5, 0.6) is 0 Å². The Morgan fingerprint density at radius 3 is 2.71 bits per heavy atom. The van der Waals surface area contributed by atoms with Gasteiger partial charge in [0.05, 0.1) is 28.5 Å². The van der Waals surface area contributed by atoms with Gasteiger partial charge in [0.15, 0.2) is 0 Å². The normalized spacial score (nSPS) is 13.8. The van der Waals surface area contributed by atoms with Gasteiger partial charge in [-0.25, -0.2) is 4.39 Å². The number of carbonyl (C=O) groups is 2. The molecular weight excluding hydrogens is 295 g/mol. The topological polar surface area (TPSA) is 50.3 Å². The maximum Gasteiger partial charge on any atom is 0.299 e. The molecule has 21 heavy (non-hydrogen) atoms. The third-order valence-electron chi connectivity index (χ3n) is 3.28. The number of aryl methyl sites for hydroxylation is 1. The van der Waals surface area contributed by atoms with Crippen molar-refractivity contribution in [2.75, 3.05) is 4.90 Å². The van der Waals surface area contributed by atoms with Gasteiger partial charge in [-0.1, -0.05) is 17.7 Å². The van der Waals surface area contributed by atoms with E-state index in [9.17, 15) is 14.0 Å². The Morgan fingerprint density at radius 2 is 2.00 bits per heavy atom. The number of halogens is 2. The van der Waals surface area contributed by atoms with E-state index in [0.717, 1.165) is 16.7 Å². The number of benzene rings is 1. The second kappa shape index (κ2) is 4.93. The quantitative estimate of drug-likeness (QED) is 0.802. The number of nitrogens with zero attached hydrogens (tertiary/aromatic N) is 2. The fraction of sp³-hybridized carbons (Fsp3) is 0.133. The first-order valence-corrected chi connectivity index (χ1v) is 6.63. The lowest BCUT2D eigenvalue weighted by molar-refractivity contribution is -0.114. The Kier molecular flexibility index (Phi) is 3.22. The number of rotatable bonds is 2. The minimum absolute atomic E-state index is 0.0243. The molecule has 0 unspecified atom stereocenters. The van der Waals surface area contributed by atoms with Crippen molar-refractivity contribution in [1.82, 2.24) is 4.98 Å². The first-order chi connectivity index (χ1) is 9.99. The van der Waals surface area contributed by atoms with Crippen molar-refractivity contribution in [3.05, 3.63) is 58.1 Å². The second-order valence-corrected chi connectivity index (χ2v) is 5.15. The number of pyridine rings is 1. The molecule has 0 saturated heterocycles. The number of amides is 1. The van der Waals surface area contributed by atoms with Gasteiger partial charge < -0.3 is 0 Å². The minimum atomic E-state index is -0.791. The summed E-state index contributed by atoms with van der Waals surface area (Å²) in [5, 5.41) is 0.0736. The van der Waals surface area contributed by atoms with Crippen LogP contribution in [0, 0.1) is 12.7 Å². The summed E-state index contributed by atoms with van der Waals surface area (Å²) in [4.78, 5) is 29.4. The molecule has 0 spiro atoms. The first-order valence-electron chi connectivity index (χ1n) is 6.26. The lowest BCUT2D eigenvalue weighted by Crippen LogP contribution is -2.30. The highest BCUT2D eigenvalue weighted by atomic mass is 35.5. The fourth-order valence-corrected chi connectivity index (χ4v) is 2.59. The summed E-state index contributed by atoms with van der Waals surface area (Å²) >= 11 is 5.91. The van der Waals surface area contributed by atoms with Crippen molar-refractivity contribution in [1.29, 1.82) is 0 Å². The lowest BCUT2D eigenvalue weighted by Gasteiger charge is -2.17. The second-order valence-electron chi connectivity index (χ2n) is 4.74. The predicted molar refractivity (Wildman–Crippen MR) is 75.9 cm³/mol. The van der Waals surface area contributed by atoms with E-state index in [1.54, 1.807) is 12.1 Å². The van der Waals surface area contributed by atoms with Crippen molar-refractivity contribution in [3.63, 3.8) is 0 Å². The van der Waals surface area contributed by atoms with Gasteiger partial charge in [0.1, 0.15) is 5.82 Å². The van der Waals surface area contributed by atoms with Crippen LogP contribution in [0.1, 0.15) is 21.7 Å². The molecule has 3 rings (SSSR count). The Labute approximate surface area is 125 Å². The molecule has 2 aromatic rings. The number of carbonyl (C=O) groups excluding carboxylic acids is 2. The van der Waals surface area contributed by atoms with Crippen LogP contribution in [0.2, 0.25) is 5.02 Å². The molecule has 1 amide bonds. The standard InChI is InChI=1S/C15H10ClFN2O2/c1-8-3-2-4-9(18-8)7-19-13-11(17)6-5-10(16)12(13)14(20)15(19)21/h2-6H,7H2,1H3. The van der Waals surface area contributed by atoms with E-state index >= 15 is 0 Å². The smallest absolute Gasteiger partial charge is 0.296 e. The van der Waals surface area contributed by atoms with Crippen molar-refractivity contribution >= 4 is 29.0 Å². The molecule has 2 heterocycles. The number of ketones is 1. The predicted octanol–water partition coefficient (Wildman–Crippen LogP) is 2.91. The van der Waals surface area contributed by atoms with Gasteiger partial charge in [-0.2, -0.15) is 0 Å². The van der Waals surface area contributed by atoms with Gasteiger partial charge in [0.25, 0.3) is 11.7 Å². The van der Waals surface area contributed by atoms with Gasteiger partial charge in [0.2, 0.25) is 0 Å². The zero-order valence-electron chi connectivity index (χ0n) is 11.1. The lowest BCUT2D eigenvalue weighted by atomic mass is 10.1. The summed E-state index contributed by atoms with van der Waals surface area (Å²) in [6.07, 6.45) is 0. The molecule has 1 aromatic carbocycles. The summed E-state index contributed by atoms with van der Waals surface area (Å²) in [6, 6.07) is 7.73. The third kappa shape index (κ3) is 2.19. The zero-order chi connectivity index (χ0) is 15.1. The van der Waals surface area contributed by atoms with Crippen molar-refractivity contribution in [3.8, 4) is 0 Å². The fourth-order valence-electron chi connectivity index (χ4n) is 2.35. The number of hydrogen-bond donors (Lipinski definition) is 0. The van der Waals surface area contributed by atoms with Crippen LogP contribution < -0.4 is 4.90 Å². The Morgan fingerprint density at radius 1 is 1.24 bits per heavy atom. The molecule has 1 aliphatic rings. The molecule has 0 saturated carbocycles. The third-order valence-corrected chi connectivity index (χ3v) is 3.60. The Bertz CT molecular complexity index is 776. The van der Waals surface area contributed by atoms with Gasteiger partial charge in [-0.15, -0.1) is 0 Å². The van der Waals surface area contributed by atoms with E-state index in [4.69, 9.17) is 11.6 Å². The molecular formula is C15H10ClFN2O2. The van der Waals surface area contributed by atoms with Gasteiger partial charge in [-0.3, -0.25) is 19.5 Å². The number of fused-ring (bicyclic) bond motifs is 1. The number of Topliss-reactive ketones (excluding diaryl/α,β-unsaturated/α-hetero) is 1. The largest absolute Gasteiger partial charge is 0.299 e. The molecule has 1 aliphatic heterocycles. The van der Waals surface area contributed by atoms with E-state index in [2.05, 4.69) is 4.98 Å². The molecule has 6 heteroatoms. The summed E-state index contributed by atoms with van der Waals surface area (Å²) < 4.78 is 14.0. The number of hydrogen-bond acceptors (Lipinski definition) is 3. The maximum atomic E-state index is 14.0.